The fraction of sp³-hybridized carbons (Fsp3) is 0.222. The first-order valence-corrected chi connectivity index (χ1v) is 5.96. The molecule has 0 amide bonds. The summed E-state index contributed by atoms with van der Waals surface area (Å²) < 4.78 is 23.9. The summed E-state index contributed by atoms with van der Waals surface area (Å²) in [6, 6.07) is 7.93. The van der Waals surface area contributed by atoms with Crippen LogP contribution in [0.15, 0.2) is 45.3 Å². The number of sulfone groups is 1. The topological polar surface area (TPSA) is 95.3 Å². The summed E-state index contributed by atoms with van der Waals surface area (Å²) in [6.07, 6.45) is 0. The molecule has 1 aromatic carbocycles. The minimum absolute atomic E-state index is 0.0796. The Bertz CT molecular complexity index is 602. The van der Waals surface area contributed by atoms with Gasteiger partial charge >= 0.3 is 0 Å². The van der Waals surface area contributed by atoms with E-state index in [2.05, 4.69) is 15.0 Å². The standard InChI is InChI=1S/C9H8N4O2S/c1-9(12-13-10)8(11-9)16(14,15)7-5-3-2-4-6-7/h2-6H,1H3. The van der Waals surface area contributed by atoms with Crippen molar-refractivity contribution >= 4 is 14.9 Å². The van der Waals surface area contributed by atoms with Crippen molar-refractivity contribution in [1.29, 1.82) is 0 Å². The number of hydrogen-bond donors (Lipinski definition) is 0. The molecule has 2 rings (SSSR count). The predicted molar refractivity (Wildman–Crippen MR) is 58.6 cm³/mol. The molecule has 1 unspecified atom stereocenters. The zero-order valence-electron chi connectivity index (χ0n) is 8.40. The van der Waals surface area contributed by atoms with Crippen LogP contribution in [0, 0.1) is 0 Å². The van der Waals surface area contributed by atoms with Gasteiger partial charge in [-0.3, -0.25) is 4.99 Å². The van der Waals surface area contributed by atoms with Gasteiger partial charge in [-0.1, -0.05) is 23.3 Å². The molecule has 0 fully saturated rings. The Hall–Kier alpha value is -1.85. The third kappa shape index (κ3) is 1.56. The maximum absolute atomic E-state index is 12.0. The summed E-state index contributed by atoms with van der Waals surface area (Å²) in [6.45, 7) is 1.46. The molecule has 0 radical (unpaired) electrons. The first-order chi connectivity index (χ1) is 7.50. The lowest BCUT2D eigenvalue weighted by Crippen LogP contribution is -2.18. The van der Waals surface area contributed by atoms with E-state index in [1.54, 1.807) is 18.2 Å². The second-order valence-electron chi connectivity index (χ2n) is 3.44. The predicted octanol–water partition coefficient (Wildman–Crippen LogP) is 1.90. The van der Waals surface area contributed by atoms with Crippen LogP contribution in [0.25, 0.3) is 10.4 Å². The van der Waals surface area contributed by atoms with Crippen LogP contribution in [-0.4, -0.2) is 19.1 Å². The van der Waals surface area contributed by atoms with Crippen molar-refractivity contribution in [3.05, 3.63) is 40.8 Å². The molecule has 6 nitrogen and oxygen atoms in total. The Balaban J connectivity index is 2.38. The molecule has 0 aromatic heterocycles. The number of azide groups is 1. The van der Waals surface area contributed by atoms with Crippen LogP contribution < -0.4 is 0 Å². The molecule has 0 aliphatic carbocycles. The Morgan fingerprint density at radius 3 is 2.56 bits per heavy atom. The second-order valence-corrected chi connectivity index (χ2v) is 5.31. The quantitative estimate of drug-likeness (QED) is 0.445. The molecule has 0 bridgehead atoms. The van der Waals surface area contributed by atoms with E-state index in [1.807, 2.05) is 0 Å². The SMILES string of the molecule is CC1(N=[N+]=[N-])N=C1S(=O)(=O)c1ccccc1. The van der Waals surface area contributed by atoms with Crippen molar-refractivity contribution in [2.75, 3.05) is 0 Å². The number of nitrogens with zero attached hydrogens (tertiary/aromatic N) is 4. The van der Waals surface area contributed by atoms with Crippen molar-refractivity contribution in [3.8, 4) is 0 Å². The van der Waals surface area contributed by atoms with E-state index in [0.29, 0.717) is 0 Å². The molecule has 1 aliphatic heterocycles. The Morgan fingerprint density at radius 1 is 1.38 bits per heavy atom. The Morgan fingerprint density at radius 2 is 2.00 bits per heavy atom. The van der Waals surface area contributed by atoms with E-state index < -0.39 is 15.5 Å². The third-order valence-electron chi connectivity index (χ3n) is 2.22. The molecule has 1 atom stereocenters. The zero-order chi connectivity index (χ0) is 11.8. The van der Waals surface area contributed by atoms with E-state index in [1.165, 1.54) is 19.1 Å². The van der Waals surface area contributed by atoms with E-state index in [0.717, 1.165) is 0 Å². The van der Waals surface area contributed by atoms with E-state index in [9.17, 15) is 8.42 Å². The van der Waals surface area contributed by atoms with Gasteiger partial charge in [0.2, 0.25) is 9.84 Å². The van der Waals surface area contributed by atoms with Crippen LogP contribution in [-0.2, 0) is 9.84 Å². The van der Waals surface area contributed by atoms with Gasteiger partial charge in [0.15, 0.2) is 10.7 Å². The second kappa shape index (κ2) is 3.33. The van der Waals surface area contributed by atoms with Crippen molar-refractivity contribution in [3.63, 3.8) is 0 Å². The number of aliphatic imine (C=N–C) groups is 1. The van der Waals surface area contributed by atoms with Gasteiger partial charge in [-0.25, -0.2) is 8.42 Å². The number of benzene rings is 1. The molecule has 82 valence electrons. The molecule has 1 aromatic rings. The molecular formula is C9H8N4O2S. The molecule has 1 aliphatic rings. The van der Waals surface area contributed by atoms with Gasteiger partial charge < -0.3 is 0 Å². The molecule has 7 heteroatoms. The first-order valence-electron chi connectivity index (χ1n) is 4.47. The molecule has 1 heterocycles. The smallest absolute Gasteiger partial charge is 0.222 e. The molecule has 16 heavy (non-hydrogen) atoms. The van der Waals surface area contributed by atoms with E-state index in [4.69, 9.17) is 5.53 Å². The Labute approximate surface area is 92.2 Å². The highest BCUT2D eigenvalue weighted by molar-refractivity contribution is 8.07. The normalized spacial score (nSPS) is 23.2. The average molecular weight is 236 g/mol. The highest BCUT2D eigenvalue weighted by Crippen LogP contribution is 2.35. The lowest BCUT2D eigenvalue weighted by Gasteiger charge is -2.01. The molecule has 0 saturated carbocycles. The van der Waals surface area contributed by atoms with Crippen LogP contribution in [0.5, 0.6) is 0 Å². The summed E-state index contributed by atoms with van der Waals surface area (Å²) >= 11 is 0. The largest absolute Gasteiger partial charge is 0.255 e. The molecule has 0 spiro atoms. The van der Waals surface area contributed by atoms with E-state index >= 15 is 0 Å². The number of hydrogen-bond acceptors (Lipinski definition) is 4. The van der Waals surface area contributed by atoms with Gasteiger partial charge in [-0.2, -0.15) is 0 Å². The fourth-order valence-electron chi connectivity index (χ4n) is 1.35. The monoisotopic (exact) mass is 236 g/mol. The van der Waals surface area contributed by atoms with Crippen LogP contribution in [0.1, 0.15) is 6.92 Å². The van der Waals surface area contributed by atoms with Crippen molar-refractivity contribution < 1.29 is 8.42 Å². The summed E-state index contributed by atoms with van der Waals surface area (Å²) in [5, 5.41) is 3.26. The van der Waals surface area contributed by atoms with Crippen LogP contribution in [0.3, 0.4) is 0 Å². The lowest BCUT2D eigenvalue weighted by atomic mass is 10.4. The summed E-state index contributed by atoms with van der Waals surface area (Å²) in [5.41, 5.74) is 7.05. The summed E-state index contributed by atoms with van der Waals surface area (Å²) in [4.78, 5) is 6.46. The fourth-order valence-corrected chi connectivity index (χ4v) is 2.93. The lowest BCUT2D eigenvalue weighted by molar-refractivity contribution is 0.606. The van der Waals surface area contributed by atoms with Crippen LogP contribution >= 0.6 is 0 Å². The third-order valence-corrected chi connectivity index (χ3v) is 4.10. The van der Waals surface area contributed by atoms with Gasteiger partial charge in [-0.05, 0) is 24.6 Å². The minimum Gasteiger partial charge on any atom is -0.255 e. The van der Waals surface area contributed by atoms with Crippen molar-refractivity contribution in [2.24, 2.45) is 10.1 Å². The van der Waals surface area contributed by atoms with Crippen LogP contribution in [0.2, 0.25) is 0 Å². The first kappa shape index (κ1) is 10.7. The maximum atomic E-state index is 12.0. The minimum atomic E-state index is -3.61. The van der Waals surface area contributed by atoms with Crippen molar-refractivity contribution in [1.82, 2.24) is 0 Å². The van der Waals surface area contributed by atoms with Crippen molar-refractivity contribution in [2.45, 2.75) is 17.5 Å². The summed E-state index contributed by atoms with van der Waals surface area (Å²) in [7, 11) is -3.61. The Kier molecular flexibility index (Phi) is 2.22. The van der Waals surface area contributed by atoms with Gasteiger partial charge in [0.25, 0.3) is 0 Å². The van der Waals surface area contributed by atoms with Gasteiger partial charge in [0.05, 0.1) is 4.90 Å². The van der Waals surface area contributed by atoms with Gasteiger partial charge in [-0.15, -0.1) is 0 Å². The van der Waals surface area contributed by atoms with Gasteiger partial charge in [0.1, 0.15) is 0 Å². The van der Waals surface area contributed by atoms with Crippen LogP contribution in [0.4, 0.5) is 0 Å². The summed E-state index contributed by atoms with van der Waals surface area (Å²) in [5.74, 6) is 0. The van der Waals surface area contributed by atoms with Gasteiger partial charge in [0, 0.05) is 4.91 Å². The molecular weight excluding hydrogens is 228 g/mol. The zero-order valence-corrected chi connectivity index (χ0v) is 9.22. The highest BCUT2D eigenvalue weighted by atomic mass is 32.2. The maximum Gasteiger partial charge on any atom is 0.222 e. The number of rotatable bonds is 2. The molecule has 0 N–H and O–H groups in total. The van der Waals surface area contributed by atoms with E-state index in [-0.39, 0.29) is 9.94 Å². The average Bonchev–Trinajstić information content (AvgIpc) is 2.93. The molecule has 0 saturated heterocycles. The highest BCUT2D eigenvalue weighted by Gasteiger charge is 2.50.